The van der Waals surface area contributed by atoms with Crippen molar-refractivity contribution in [2.24, 2.45) is 0 Å². The number of thioether (sulfide) groups is 1. The first-order chi connectivity index (χ1) is 15.9. The number of para-hydroxylation sites is 1. The summed E-state index contributed by atoms with van der Waals surface area (Å²) >= 11 is 1.15. The topological polar surface area (TPSA) is 134 Å². The molecule has 0 unspecified atom stereocenters. The summed E-state index contributed by atoms with van der Waals surface area (Å²) in [5.41, 5.74) is 1.42. The molecule has 0 amide bonds. The number of non-ortho nitro benzene ring substituents is 2. The molecular weight excluding hydrogens is 446 g/mol. The van der Waals surface area contributed by atoms with Crippen molar-refractivity contribution < 1.29 is 14.6 Å². The average Bonchev–Trinajstić information content (AvgIpc) is 3.27. The minimum Gasteiger partial charge on any atom is -0.293 e. The minimum atomic E-state index is -0.527. The Hall–Kier alpha value is -4.38. The number of rotatable bonds is 8. The van der Waals surface area contributed by atoms with E-state index in [1.165, 1.54) is 36.4 Å². The number of carbonyl (C=O) groups excluding carboxylic acids is 1. The normalized spacial score (nSPS) is 10.7. The van der Waals surface area contributed by atoms with Crippen LogP contribution in [0.2, 0.25) is 0 Å². The van der Waals surface area contributed by atoms with Crippen molar-refractivity contribution in [2.45, 2.75) is 5.16 Å². The Bertz CT molecular complexity index is 1340. The monoisotopic (exact) mass is 461 g/mol. The van der Waals surface area contributed by atoms with E-state index in [0.717, 1.165) is 17.4 Å². The molecule has 0 spiro atoms. The van der Waals surface area contributed by atoms with E-state index in [-0.39, 0.29) is 22.9 Å². The molecule has 0 saturated heterocycles. The Kier molecular flexibility index (Phi) is 6.22. The first-order valence-electron chi connectivity index (χ1n) is 9.60. The summed E-state index contributed by atoms with van der Waals surface area (Å²) in [5, 5.41) is 30.9. The maximum atomic E-state index is 12.6. The average molecular weight is 461 g/mol. The van der Waals surface area contributed by atoms with Gasteiger partial charge >= 0.3 is 0 Å². The number of nitro benzene ring substituents is 2. The van der Waals surface area contributed by atoms with Gasteiger partial charge in [-0.25, -0.2) is 0 Å². The number of aromatic nitrogens is 3. The Labute approximate surface area is 191 Å². The second kappa shape index (κ2) is 9.40. The van der Waals surface area contributed by atoms with E-state index in [0.29, 0.717) is 22.1 Å². The van der Waals surface area contributed by atoms with Crippen LogP contribution in [0.1, 0.15) is 10.4 Å². The molecule has 10 nitrogen and oxygen atoms in total. The van der Waals surface area contributed by atoms with Gasteiger partial charge in [-0.05, 0) is 24.3 Å². The third-order valence-corrected chi connectivity index (χ3v) is 5.62. The first-order valence-corrected chi connectivity index (χ1v) is 10.6. The van der Waals surface area contributed by atoms with Gasteiger partial charge in [-0.15, -0.1) is 10.2 Å². The number of benzene rings is 3. The molecule has 0 saturated carbocycles. The highest BCUT2D eigenvalue weighted by Gasteiger charge is 2.19. The van der Waals surface area contributed by atoms with E-state index in [1.54, 1.807) is 16.7 Å². The molecule has 0 fully saturated rings. The van der Waals surface area contributed by atoms with Gasteiger partial charge in [-0.1, -0.05) is 42.1 Å². The van der Waals surface area contributed by atoms with E-state index < -0.39 is 9.85 Å². The lowest BCUT2D eigenvalue weighted by Gasteiger charge is -2.10. The zero-order valence-corrected chi connectivity index (χ0v) is 17.7. The lowest BCUT2D eigenvalue weighted by Crippen LogP contribution is -2.05. The first kappa shape index (κ1) is 21.8. The molecule has 0 aliphatic rings. The van der Waals surface area contributed by atoms with Gasteiger partial charge in [-0.3, -0.25) is 29.6 Å². The zero-order chi connectivity index (χ0) is 23.4. The molecule has 0 N–H and O–H groups in total. The van der Waals surface area contributed by atoms with Crippen LogP contribution in [0.5, 0.6) is 0 Å². The highest BCUT2D eigenvalue weighted by atomic mass is 32.2. The molecule has 0 bridgehead atoms. The summed E-state index contributed by atoms with van der Waals surface area (Å²) in [6, 6.07) is 20.7. The maximum absolute atomic E-state index is 12.6. The van der Waals surface area contributed by atoms with Crippen molar-refractivity contribution in [2.75, 3.05) is 5.75 Å². The van der Waals surface area contributed by atoms with Gasteiger partial charge in [0, 0.05) is 41.1 Å². The smallest absolute Gasteiger partial charge is 0.270 e. The van der Waals surface area contributed by atoms with Crippen LogP contribution < -0.4 is 0 Å². The summed E-state index contributed by atoms with van der Waals surface area (Å²) in [4.78, 5) is 33.6. The Morgan fingerprint density at radius 1 is 0.848 bits per heavy atom. The van der Waals surface area contributed by atoms with Gasteiger partial charge in [0.25, 0.3) is 11.4 Å². The van der Waals surface area contributed by atoms with Crippen LogP contribution in [0.3, 0.4) is 0 Å². The largest absolute Gasteiger partial charge is 0.293 e. The van der Waals surface area contributed by atoms with Crippen LogP contribution in [-0.2, 0) is 0 Å². The summed E-state index contributed by atoms with van der Waals surface area (Å²) in [5.74, 6) is 0.196. The van der Waals surface area contributed by atoms with Gasteiger partial charge in [0.2, 0.25) is 0 Å². The number of hydrogen-bond donors (Lipinski definition) is 0. The molecule has 4 rings (SSSR count). The fourth-order valence-electron chi connectivity index (χ4n) is 3.10. The molecule has 1 aromatic heterocycles. The zero-order valence-electron chi connectivity index (χ0n) is 16.9. The fourth-order valence-corrected chi connectivity index (χ4v) is 3.95. The number of Topliss-reactive ketones (excluding diaryl/α,β-unsaturated/α-hetero) is 1. The number of hydrogen-bond acceptors (Lipinski definition) is 8. The molecule has 1 heterocycles. The van der Waals surface area contributed by atoms with E-state index >= 15 is 0 Å². The van der Waals surface area contributed by atoms with Crippen molar-refractivity contribution in [3.8, 4) is 17.1 Å². The molecule has 164 valence electrons. The third kappa shape index (κ3) is 4.77. The molecular formula is C22H15N5O5S. The van der Waals surface area contributed by atoms with Crippen molar-refractivity contribution >= 4 is 28.9 Å². The number of carbonyl (C=O) groups is 1. The SMILES string of the molecule is O=C(CSc1nnc(-c2cccc([N+](=O)[O-])c2)n1-c1ccccc1)c1ccc([N+](=O)[O-])cc1. The lowest BCUT2D eigenvalue weighted by atomic mass is 10.1. The van der Waals surface area contributed by atoms with E-state index in [1.807, 2.05) is 30.3 Å². The van der Waals surface area contributed by atoms with Gasteiger partial charge in [0.15, 0.2) is 16.8 Å². The minimum absolute atomic E-state index is 0.0255. The maximum Gasteiger partial charge on any atom is 0.270 e. The van der Waals surface area contributed by atoms with Gasteiger partial charge in [-0.2, -0.15) is 0 Å². The van der Waals surface area contributed by atoms with E-state index in [2.05, 4.69) is 10.2 Å². The van der Waals surface area contributed by atoms with Crippen LogP contribution in [0, 0.1) is 20.2 Å². The number of ketones is 1. The Balaban J connectivity index is 1.65. The summed E-state index contributed by atoms with van der Waals surface area (Å²) in [7, 11) is 0. The molecule has 11 heteroatoms. The van der Waals surface area contributed by atoms with Gasteiger partial charge in [0.1, 0.15) is 0 Å². The molecule has 0 radical (unpaired) electrons. The summed E-state index contributed by atoms with van der Waals surface area (Å²) in [6.45, 7) is 0. The van der Waals surface area contributed by atoms with Crippen LogP contribution >= 0.6 is 11.8 Å². The highest BCUT2D eigenvalue weighted by Crippen LogP contribution is 2.30. The second-order valence-corrected chi connectivity index (χ2v) is 7.74. The van der Waals surface area contributed by atoms with Crippen molar-refractivity contribution in [1.29, 1.82) is 0 Å². The van der Waals surface area contributed by atoms with E-state index in [9.17, 15) is 25.0 Å². The highest BCUT2D eigenvalue weighted by molar-refractivity contribution is 7.99. The Morgan fingerprint density at radius 2 is 1.55 bits per heavy atom. The fraction of sp³-hybridized carbons (Fsp3) is 0.0455. The van der Waals surface area contributed by atoms with Crippen LogP contribution in [-0.4, -0.2) is 36.1 Å². The standard InChI is InChI=1S/C22H15N5O5S/c28-20(15-9-11-18(12-10-15)26(29)30)14-33-22-24-23-21(25(22)17-6-2-1-3-7-17)16-5-4-8-19(13-16)27(31)32/h1-13H,14H2. The molecule has 33 heavy (non-hydrogen) atoms. The number of nitrogens with zero attached hydrogens (tertiary/aromatic N) is 5. The van der Waals surface area contributed by atoms with Crippen molar-refractivity contribution in [3.05, 3.63) is 105 Å². The Morgan fingerprint density at radius 3 is 2.21 bits per heavy atom. The predicted molar refractivity (Wildman–Crippen MR) is 122 cm³/mol. The summed E-state index contributed by atoms with van der Waals surface area (Å²) in [6.07, 6.45) is 0. The quantitative estimate of drug-likeness (QED) is 0.159. The van der Waals surface area contributed by atoms with Crippen LogP contribution in [0.25, 0.3) is 17.1 Å². The van der Waals surface area contributed by atoms with Crippen molar-refractivity contribution in [1.82, 2.24) is 14.8 Å². The molecule has 4 aromatic rings. The third-order valence-electron chi connectivity index (χ3n) is 4.70. The molecule has 0 aliphatic heterocycles. The lowest BCUT2D eigenvalue weighted by molar-refractivity contribution is -0.385. The van der Waals surface area contributed by atoms with Gasteiger partial charge in [0.05, 0.1) is 15.6 Å². The van der Waals surface area contributed by atoms with Crippen molar-refractivity contribution in [3.63, 3.8) is 0 Å². The number of nitro groups is 2. The van der Waals surface area contributed by atoms with E-state index in [4.69, 9.17) is 0 Å². The molecule has 3 aromatic carbocycles. The van der Waals surface area contributed by atoms with Crippen LogP contribution in [0.4, 0.5) is 11.4 Å². The van der Waals surface area contributed by atoms with Gasteiger partial charge < -0.3 is 0 Å². The molecule has 0 atom stereocenters. The predicted octanol–water partition coefficient (Wildman–Crippen LogP) is 4.73. The summed E-state index contributed by atoms with van der Waals surface area (Å²) < 4.78 is 1.73. The second-order valence-electron chi connectivity index (χ2n) is 6.80. The molecule has 0 aliphatic carbocycles. The van der Waals surface area contributed by atoms with Crippen LogP contribution in [0.15, 0.2) is 84.0 Å².